The quantitative estimate of drug-likeness (QED) is 0.403. The number of benzene rings is 2. The predicted molar refractivity (Wildman–Crippen MR) is 126 cm³/mol. The molecular weight excluding hydrogens is 388 g/mol. The number of para-hydroxylation sites is 1. The zero-order chi connectivity index (χ0) is 21.5. The number of aromatic amines is 1. The lowest BCUT2D eigenvalue weighted by molar-refractivity contribution is 0.0513. The highest BCUT2D eigenvalue weighted by atomic mass is 16.5. The number of hydrogen-bond donors (Lipinski definition) is 3. The van der Waals surface area contributed by atoms with Gasteiger partial charge in [-0.1, -0.05) is 30.3 Å². The number of fused-ring (bicyclic) bond motifs is 1. The second kappa shape index (κ2) is 9.88. The van der Waals surface area contributed by atoms with Crippen molar-refractivity contribution in [3.63, 3.8) is 0 Å². The lowest BCUT2D eigenvalue weighted by Crippen LogP contribution is -2.48. The molecule has 0 spiro atoms. The molecule has 1 aromatic heterocycles. The van der Waals surface area contributed by atoms with Gasteiger partial charge in [0.15, 0.2) is 5.96 Å². The van der Waals surface area contributed by atoms with Crippen LogP contribution in [0.1, 0.15) is 24.0 Å². The maximum Gasteiger partial charge on any atom is 0.191 e. The zero-order valence-electron chi connectivity index (χ0n) is 18.4. The molecule has 4 rings (SSSR count). The van der Waals surface area contributed by atoms with E-state index in [1.807, 2.05) is 19.2 Å². The van der Waals surface area contributed by atoms with Gasteiger partial charge in [0.2, 0.25) is 0 Å². The summed E-state index contributed by atoms with van der Waals surface area (Å²) in [6.07, 6.45) is 5.00. The fourth-order valence-electron chi connectivity index (χ4n) is 4.40. The molecule has 6 nitrogen and oxygen atoms in total. The van der Waals surface area contributed by atoms with Crippen LogP contribution in [0, 0.1) is 0 Å². The summed E-state index contributed by atoms with van der Waals surface area (Å²) in [5, 5.41) is 8.33. The van der Waals surface area contributed by atoms with E-state index in [1.54, 1.807) is 7.11 Å². The Balaban J connectivity index is 1.37. The van der Waals surface area contributed by atoms with Crippen LogP contribution in [0.15, 0.2) is 59.7 Å². The average Bonchev–Trinajstić information content (AvgIpc) is 3.25. The minimum absolute atomic E-state index is 0.0268. The monoisotopic (exact) mass is 420 g/mol. The Bertz CT molecular complexity index is 1000. The topological polar surface area (TPSA) is 70.7 Å². The summed E-state index contributed by atoms with van der Waals surface area (Å²) >= 11 is 0. The molecule has 3 aromatic rings. The SMILES string of the molecule is CN=C(NCCc1c[nH]c2ccccc12)NCC1(c2ccc(OC)cc2)CCOCC1. The summed E-state index contributed by atoms with van der Waals surface area (Å²) in [5.41, 5.74) is 3.84. The number of ether oxygens (including phenoxy) is 2. The highest BCUT2D eigenvalue weighted by Gasteiger charge is 2.34. The van der Waals surface area contributed by atoms with Crippen molar-refractivity contribution in [3.05, 3.63) is 65.9 Å². The van der Waals surface area contributed by atoms with E-state index in [2.05, 4.69) is 63.2 Å². The van der Waals surface area contributed by atoms with Gasteiger partial charge in [-0.15, -0.1) is 0 Å². The molecule has 6 heteroatoms. The third-order valence-electron chi connectivity index (χ3n) is 6.33. The van der Waals surface area contributed by atoms with E-state index in [0.717, 1.165) is 57.3 Å². The number of aromatic nitrogens is 1. The number of hydrogen-bond acceptors (Lipinski definition) is 3. The van der Waals surface area contributed by atoms with Crippen molar-refractivity contribution < 1.29 is 9.47 Å². The molecule has 2 heterocycles. The third-order valence-corrected chi connectivity index (χ3v) is 6.33. The van der Waals surface area contributed by atoms with E-state index in [4.69, 9.17) is 9.47 Å². The van der Waals surface area contributed by atoms with Gasteiger partial charge in [-0.2, -0.15) is 0 Å². The Morgan fingerprint density at radius 3 is 2.61 bits per heavy atom. The highest BCUT2D eigenvalue weighted by molar-refractivity contribution is 5.83. The zero-order valence-corrected chi connectivity index (χ0v) is 18.4. The molecule has 1 saturated heterocycles. The van der Waals surface area contributed by atoms with Gasteiger partial charge in [0.05, 0.1) is 7.11 Å². The van der Waals surface area contributed by atoms with E-state index >= 15 is 0 Å². The van der Waals surface area contributed by atoms with Gasteiger partial charge >= 0.3 is 0 Å². The van der Waals surface area contributed by atoms with Gasteiger partial charge in [-0.05, 0) is 48.6 Å². The number of nitrogens with zero attached hydrogens (tertiary/aromatic N) is 1. The van der Waals surface area contributed by atoms with Crippen LogP contribution in [0.25, 0.3) is 10.9 Å². The van der Waals surface area contributed by atoms with E-state index in [-0.39, 0.29) is 5.41 Å². The molecule has 1 aliphatic rings. The van der Waals surface area contributed by atoms with Gasteiger partial charge in [0.1, 0.15) is 5.75 Å². The second-order valence-corrected chi connectivity index (χ2v) is 8.08. The van der Waals surface area contributed by atoms with E-state index < -0.39 is 0 Å². The van der Waals surface area contributed by atoms with Crippen LogP contribution in [-0.2, 0) is 16.6 Å². The molecule has 164 valence electrons. The first-order chi connectivity index (χ1) is 15.2. The van der Waals surface area contributed by atoms with Gasteiger partial charge in [0, 0.05) is 55.9 Å². The van der Waals surface area contributed by atoms with Gasteiger partial charge < -0.3 is 25.1 Å². The van der Waals surface area contributed by atoms with Crippen molar-refractivity contribution >= 4 is 16.9 Å². The number of rotatable bonds is 7. The first-order valence-corrected chi connectivity index (χ1v) is 11.0. The number of nitrogens with one attached hydrogen (secondary N) is 3. The molecule has 31 heavy (non-hydrogen) atoms. The Morgan fingerprint density at radius 1 is 1.10 bits per heavy atom. The molecular formula is C25H32N4O2. The molecule has 0 unspecified atom stereocenters. The average molecular weight is 421 g/mol. The Morgan fingerprint density at radius 2 is 1.87 bits per heavy atom. The van der Waals surface area contributed by atoms with Crippen molar-refractivity contribution in [2.45, 2.75) is 24.7 Å². The van der Waals surface area contributed by atoms with Crippen LogP contribution < -0.4 is 15.4 Å². The molecule has 0 amide bonds. The van der Waals surface area contributed by atoms with Crippen LogP contribution in [0.4, 0.5) is 0 Å². The van der Waals surface area contributed by atoms with Crippen molar-refractivity contribution in [1.82, 2.24) is 15.6 Å². The summed E-state index contributed by atoms with van der Waals surface area (Å²) < 4.78 is 11.0. The first kappa shape index (κ1) is 21.2. The first-order valence-electron chi connectivity index (χ1n) is 11.0. The van der Waals surface area contributed by atoms with E-state index in [0.29, 0.717) is 0 Å². The van der Waals surface area contributed by atoms with Crippen LogP contribution in [0.3, 0.4) is 0 Å². The molecule has 1 fully saturated rings. The summed E-state index contributed by atoms with van der Waals surface area (Å²) in [5.74, 6) is 1.72. The Hall–Kier alpha value is -2.99. The Kier molecular flexibility index (Phi) is 6.77. The van der Waals surface area contributed by atoms with Crippen molar-refractivity contribution in [3.8, 4) is 5.75 Å². The van der Waals surface area contributed by atoms with Crippen LogP contribution in [0.5, 0.6) is 5.75 Å². The fourth-order valence-corrected chi connectivity index (χ4v) is 4.40. The summed E-state index contributed by atoms with van der Waals surface area (Å²) in [6.45, 7) is 3.19. The van der Waals surface area contributed by atoms with E-state index in [1.165, 1.54) is 22.0 Å². The molecule has 0 atom stereocenters. The summed E-state index contributed by atoms with van der Waals surface area (Å²) in [4.78, 5) is 7.79. The molecule has 0 aliphatic carbocycles. The molecule has 3 N–H and O–H groups in total. The van der Waals surface area contributed by atoms with E-state index in [9.17, 15) is 0 Å². The highest BCUT2D eigenvalue weighted by Crippen LogP contribution is 2.35. The minimum atomic E-state index is 0.0268. The lowest BCUT2D eigenvalue weighted by Gasteiger charge is -2.38. The molecule has 1 aliphatic heterocycles. The Labute approximate surface area is 184 Å². The van der Waals surface area contributed by atoms with Crippen molar-refractivity contribution in [2.75, 3.05) is 40.5 Å². The number of H-pyrrole nitrogens is 1. The van der Waals surface area contributed by atoms with Crippen molar-refractivity contribution in [2.24, 2.45) is 4.99 Å². The normalized spacial score (nSPS) is 16.3. The van der Waals surface area contributed by atoms with Gasteiger partial charge in [0.25, 0.3) is 0 Å². The number of methoxy groups -OCH3 is 1. The largest absolute Gasteiger partial charge is 0.497 e. The molecule has 0 bridgehead atoms. The van der Waals surface area contributed by atoms with Crippen molar-refractivity contribution in [1.29, 1.82) is 0 Å². The lowest BCUT2D eigenvalue weighted by atomic mass is 9.74. The fraction of sp³-hybridized carbons (Fsp3) is 0.400. The predicted octanol–water partition coefficient (Wildman–Crippen LogP) is 3.63. The molecule has 0 saturated carbocycles. The summed E-state index contributed by atoms with van der Waals surface area (Å²) in [6, 6.07) is 16.9. The maximum absolute atomic E-state index is 5.66. The maximum atomic E-state index is 5.66. The van der Waals surface area contributed by atoms with Crippen LogP contribution in [-0.4, -0.2) is 51.4 Å². The van der Waals surface area contributed by atoms with Gasteiger partial charge in [-0.3, -0.25) is 4.99 Å². The molecule has 0 radical (unpaired) electrons. The van der Waals surface area contributed by atoms with Gasteiger partial charge in [-0.25, -0.2) is 0 Å². The van der Waals surface area contributed by atoms with Crippen LogP contribution >= 0.6 is 0 Å². The second-order valence-electron chi connectivity index (χ2n) is 8.08. The summed E-state index contributed by atoms with van der Waals surface area (Å²) in [7, 11) is 3.53. The number of guanidine groups is 1. The van der Waals surface area contributed by atoms with Crippen LogP contribution in [0.2, 0.25) is 0 Å². The smallest absolute Gasteiger partial charge is 0.191 e. The molecule has 2 aromatic carbocycles. The number of aliphatic imine (C=N–C) groups is 1. The minimum Gasteiger partial charge on any atom is -0.497 e. The third kappa shape index (κ3) is 4.85. The standard InChI is InChI=1S/C25H32N4O2/c1-26-24(27-14-11-19-17-28-23-6-4-3-5-22(19)23)29-18-25(12-15-31-16-13-25)20-7-9-21(30-2)10-8-20/h3-10,17,28H,11-16,18H2,1-2H3,(H2,26,27,29).